The summed E-state index contributed by atoms with van der Waals surface area (Å²) in [4.78, 5) is 2.73. The summed E-state index contributed by atoms with van der Waals surface area (Å²) in [7, 11) is 0. The van der Waals surface area contributed by atoms with E-state index in [9.17, 15) is 4.39 Å². The van der Waals surface area contributed by atoms with Gasteiger partial charge in [0, 0.05) is 37.3 Å². The van der Waals surface area contributed by atoms with Crippen LogP contribution in [-0.4, -0.2) is 52.5 Å². The average molecular weight is 411 g/mol. The molecule has 3 aliphatic rings. The first-order valence-electron chi connectivity index (χ1n) is 11.2. The SMILES string of the molecule is CC1(C)CC(N2C[C@H]3C[C@H](Nc4ccc(-c5cccc(F)c5)nn4)C[C@H]3C2)CCO1. The lowest BCUT2D eigenvalue weighted by Crippen LogP contribution is -2.45. The van der Waals surface area contributed by atoms with E-state index in [1.54, 1.807) is 6.07 Å². The van der Waals surface area contributed by atoms with Crippen molar-refractivity contribution >= 4 is 5.82 Å². The number of benzene rings is 1. The summed E-state index contributed by atoms with van der Waals surface area (Å²) in [6.07, 6.45) is 4.70. The molecule has 6 heteroatoms. The van der Waals surface area contributed by atoms with Gasteiger partial charge >= 0.3 is 0 Å². The van der Waals surface area contributed by atoms with Crippen molar-refractivity contribution in [3.63, 3.8) is 0 Å². The van der Waals surface area contributed by atoms with Crippen molar-refractivity contribution in [1.29, 1.82) is 0 Å². The molecule has 5 rings (SSSR count). The molecule has 0 amide bonds. The lowest BCUT2D eigenvalue weighted by molar-refractivity contribution is -0.0811. The third-order valence-electron chi connectivity index (χ3n) is 7.10. The van der Waals surface area contributed by atoms with Crippen LogP contribution in [0, 0.1) is 17.7 Å². The molecule has 1 aromatic carbocycles. The van der Waals surface area contributed by atoms with E-state index in [1.165, 1.54) is 38.1 Å². The van der Waals surface area contributed by atoms with Crippen LogP contribution >= 0.6 is 0 Å². The molecule has 1 unspecified atom stereocenters. The van der Waals surface area contributed by atoms with E-state index < -0.39 is 0 Å². The molecule has 0 spiro atoms. The van der Waals surface area contributed by atoms with E-state index in [0.29, 0.717) is 17.8 Å². The van der Waals surface area contributed by atoms with Crippen molar-refractivity contribution in [3.05, 3.63) is 42.2 Å². The molecule has 2 aromatic rings. The van der Waals surface area contributed by atoms with E-state index >= 15 is 0 Å². The third-order valence-corrected chi connectivity index (χ3v) is 7.10. The zero-order chi connectivity index (χ0) is 20.7. The molecule has 160 valence electrons. The van der Waals surface area contributed by atoms with Crippen LogP contribution in [0.2, 0.25) is 0 Å². The fourth-order valence-electron chi connectivity index (χ4n) is 5.68. The Kier molecular flexibility index (Phi) is 5.23. The molecule has 0 bridgehead atoms. The van der Waals surface area contributed by atoms with Gasteiger partial charge in [-0.05, 0) is 75.6 Å². The Balaban J connectivity index is 1.16. The number of hydrogen-bond acceptors (Lipinski definition) is 5. The van der Waals surface area contributed by atoms with Crippen LogP contribution in [0.1, 0.15) is 39.5 Å². The molecule has 3 heterocycles. The highest BCUT2D eigenvalue weighted by molar-refractivity contribution is 5.59. The third kappa shape index (κ3) is 4.21. The molecular formula is C24H31FN4O. The van der Waals surface area contributed by atoms with Crippen LogP contribution < -0.4 is 5.32 Å². The number of fused-ring (bicyclic) bond motifs is 1. The Hall–Kier alpha value is -2.05. The standard InChI is InChI=1S/C24H31FN4O/c1-24(2)13-21(8-9-30-24)29-14-17-11-20(12-18(17)15-29)26-23-7-6-22(27-28-23)16-4-3-5-19(25)10-16/h3-7,10,17-18,20-21H,8-9,11-15H2,1-2H3,(H,26,28)/t17-,18+,20+,21?. The Morgan fingerprint density at radius 1 is 1.10 bits per heavy atom. The van der Waals surface area contributed by atoms with Crippen LogP contribution in [-0.2, 0) is 4.74 Å². The van der Waals surface area contributed by atoms with Gasteiger partial charge in [-0.2, -0.15) is 0 Å². The number of halogens is 1. The van der Waals surface area contributed by atoms with E-state index in [2.05, 4.69) is 34.3 Å². The van der Waals surface area contributed by atoms with Gasteiger partial charge in [0.15, 0.2) is 0 Å². The van der Waals surface area contributed by atoms with Crippen molar-refractivity contribution in [2.45, 2.75) is 57.2 Å². The highest BCUT2D eigenvalue weighted by atomic mass is 19.1. The Labute approximate surface area is 178 Å². The zero-order valence-corrected chi connectivity index (χ0v) is 17.9. The molecule has 1 N–H and O–H groups in total. The van der Waals surface area contributed by atoms with Crippen molar-refractivity contribution in [1.82, 2.24) is 15.1 Å². The number of likely N-dealkylation sites (tertiary alicyclic amines) is 1. The molecule has 3 fully saturated rings. The maximum absolute atomic E-state index is 13.4. The summed E-state index contributed by atoms with van der Waals surface area (Å²) in [6.45, 7) is 7.76. The molecule has 2 saturated heterocycles. The van der Waals surface area contributed by atoms with Crippen molar-refractivity contribution in [3.8, 4) is 11.3 Å². The largest absolute Gasteiger partial charge is 0.375 e. The number of nitrogens with zero attached hydrogens (tertiary/aromatic N) is 3. The van der Waals surface area contributed by atoms with E-state index in [-0.39, 0.29) is 11.4 Å². The van der Waals surface area contributed by atoms with Gasteiger partial charge in [-0.3, -0.25) is 4.90 Å². The average Bonchev–Trinajstić information content (AvgIpc) is 3.26. The van der Waals surface area contributed by atoms with Crippen LogP contribution in [0.15, 0.2) is 36.4 Å². The van der Waals surface area contributed by atoms with Gasteiger partial charge in [-0.1, -0.05) is 12.1 Å². The minimum absolute atomic E-state index is 0.0149. The molecule has 1 aliphatic carbocycles. The highest BCUT2D eigenvalue weighted by Gasteiger charge is 2.44. The molecule has 1 aromatic heterocycles. The van der Waals surface area contributed by atoms with Gasteiger partial charge in [0.2, 0.25) is 0 Å². The Morgan fingerprint density at radius 2 is 1.90 bits per heavy atom. The van der Waals surface area contributed by atoms with Crippen LogP contribution in [0.25, 0.3) is 11.3 Å². The van der Waals surface area contributed by atoms with Gasteiger partial charge in [-0.25, -0.2) is 4.39 Å². The summed E-state index contributed by atoms with van der Waals surface area (Å²) in [6, 6.07) is 11.5. The summed E-state index contributed by atoms with van der Waals surface area (Å²) in [5, 5.41) is 12.2. The normalized spacial score (nSPS) is 30.9. The second kappa shape index (κ2) is 7.89. The second-order valence-electron chi connectivity index (χ2n) is 9.86. The minimum atomic E-state index is -0.257. The maximum atomic E-state index is 13.4. The maximum Gasteiger partial charge on any atom is 0.148 e. The first kappa shape index (κ1) is 19.9. The van der Waals surface area contributed by atoms with Crippen LogP contribution in [0.4, 0.5) is 10.2 Å². The van der Waals surface area contributed by atoms with E-state index in [4.69, 9.17) is 4.74 Å². The van der Waals surface area contributed by atoms with Gasteiger partial charge < -0.3 is 10.1 Å². The number of anilines is 1. The minimum Gasteiger partial charge on any atom is -0.375 e. The van der Waals surface area contributed by atoms with Crippen LogP contribution in [0.3, 0.4) is 0 Å². The number of aromatic nitrogens is 2. The van der Waals surface area contributed by atoms with Crippen molar-refractivity contribution in [2.75, 3.05) is 25.0 Å². The molecule has 5 nitrogen and oxygen atoms in total. The second-order valence-corrected chi connectivity index (χ2v) is 9.86. The summed E-state index contributed by atoms with van der Waals surface area (Å²) in [5.41, 5.74) is 1.46. The highest BCUT2D eigenvalue weighted by Crippen LogP contribution is 2.41. The first-order valence-corrected chi connectivity index (χ1v) is 11.2. The van der Waals surface area contributed by atoms with E-state index in [1.807, 2.05) is 18.2 Å². The van der Waals surface area contributed by atoms with E-state index in [0.717, 1.165) is 42.7 Å². The zero-order valence-electron chi connectivity index (χ0n) is 17.9. The Morgan fingerprint density at radius 3 is 2.57 bits per heavy atom. The lowest BCUT2D eigenvalue weighted by Gasteiger charge is -2.40. The number of ether oxygens (including phenoxy) is 1. The van der Waals surface area contributed by atoms with Crippen molar-refractivity contribution in [2.24, 2.45) is 11.8 Å². The summed E-state index contributed by atoms with van der Waals surface area (Å²) in [5.74, 6) is 2.09. The lowest BCUT2D eigenvalue weighted by atomic mass is 9.93. The van der Waals surface area contributed by atoms with Crippen LogP contribution in [0.5, 0.6) is 0 Å². The van der Waals surface area contributed by atoms with Crippen molar-refractivity contribution < 1.29 is 9.13 Å². The fourth-order valence-corrected chi connectivity index (χ4v) is 5.68. The first-order chi connectivity index (χ1) is 14.4. The van der Waals surface area contributed by atoms with Gasteiger partial charge in [0.05, 0.1) is 11.3 Å². The molecule has 30 heavy (non-hydrogen) atoms. The van der Waals surface area contributed by atoms with Gasteiger partial charge in [0.1, 0.15) is 11.6 Å². The number of hydrogen-bond donors (Lipinski definition) is 1. The van der Waals surface area contributed by atoms with Gasteiger partial charge in [-0.15, -0.1) is 10.2 Å². The molecule has 0 radical (unpaired) electrons. The summed E-state index contributed by atoms with van der Waals surface area (Å²) >= 11 is 0. The quantitative estimate of drug-likeness (QED) is 0.812. The predicted molar refractivity (Wildman–Crippen MR) is 116 cm³/mol. The van der Waals surface area contributed by atoms with Gasteiger partial charge in [0.25, 0.3) is 0 Å². The topological polar surface area (TPSA) is 50.3 Å². The fraction of sp³-hybridized carbons (Fsp3) is 0.583. The monoisotopic (exact) mass is 410 g/mol. The molecule has 4 atom stereocenters. The number of nitrogens with one attached hydrogen (secondary N) is 1. The molecule has 1 saturated carbocycles. The summed E-state index contributed by atoms with van der Waals surface area (Å²) < 4.78 is 19.3. The predicted octanol–water partition coefficient (Wildman–Crippen LogP) is 4.36. The number of rotatable bonds is 4. The Bertz CT molecular complexity index is 873. The smallest absolute Gasteiger partial charge is 0.148 e. The molecule has 2 aliphatic heterocycles. The molecular weight excluding hydrogens is 379 g/mol.